The highest BCUT2D eigenvalue weighted by Crippen LogP contribution is 2.23. The largest absolute Gasteiger partial charge is 0.299 e. The van der Waals surface area contributed by atoms with Gasteiger partial charge in [0.25, 0.3) is 0 Å². The lowest BCUT2D eigenvalue weighted by Gasteiger charge is -2.35. The van der Waals surface area contributed by atoms with Crippen molar-refractivity contribution in [3.05, 3.63) is 0 Å². The monoisotopic (exact) mass is 633 g/mol. The molecule has 1 rings (SSSR count). The molecule has 0 saturated heterocycles. The maximum absolute atomic E-state index is 12.8. The standard InChI is InChI=1S/C41H82N3O/c1-4-6-8-10-12-14-16-18-20-22-24-26-28-30-32-34-39(45)38-40(42)44(3)37-36-43-41(44)35-33-31-29-27-25-23-21-19-17-15-13-11-9-7-5-2/h40H,4-38,42H2,1-3H3/q+1. The van der Waals surface area contributed by atoms with Gasteiger partial charge in [-0.05, 0) is 12.8 Å². The van der Waals surface area contributed by atoms with Crippen molar-refractivity contribution in [2.24, 2.45) is 10.7 Å². The molecule has 0 amide bonds. The average molecular weight is 633 g/mol. The zero-order valence-electron chi connectivity index (χ0n) is 31.2. The van der Waals surface area contributed by atoms with E-state index in [1.807, 2.05) is 0 Å². The molecule has 0 aromatic rings. The number of carbonyl (C=O) groups excluding carboxylic acids is 1. The van der Waals surface area contributed by atoms with Crippen molar-refractivity contribution in [3.63, 3.8) is 0 Å². The quantitative estimate of drug-likeness (QED) is 0.0558. The highest BCUT2D eigenvalue weighted by molar-refractivity contribution is 5.80. The molecule has 0 bridgehead atoms. The van der Waals surface area contributed by atoms with Gasteiger partial charge in [-0.3, -0.25) is 15.0 Å². The van der Waals surface area contributed by atoms with Gasteiger partial charge in [0.05, 0.1) is 20.0 Å². The molecular formula is C41H82N3O+. The zero-order valence-corrected chi connectivity index (χ0v) is 31.2. The van der Waals surface area contributed by atoms with Gasteiger partial charge in [-0.15, -0.1) is 0 Å². The van der Waals surface area contributed by atoms with Crippen LogP contribution in [0.25, 0.3) is 0 Å². The number of aliphatic imine (C=N–C) groups is 1. The molecule has 0 radical (unpaired) electrons. The highest BCUT2D eigenvalue weighted by Gasteiger charge is 2.39. The summed E-state index contributed by atoms with van der Waals surface area (Å²) in [4.78, 5) is 17.6. The number of unbranched alkanes of at least 4 members (excludes halogenated alkanes) is 28. The number of quaternary nitrogens is 1. The van der Waals surface area contributed by atoms with Crippen LogP contribution in [0, 0.1) is 0 Å². The summed E-state index contributed by atoms with van der Waals surface area (Å²) in [5.41, 5.74) is 6.69. The van der Waals surface area contributed by atoms with E-state index in [-0.39, 0.29) is 6.17 Å². The van der Waals surface area contributed by atoms with E-state index in [1.54, 1.807) is 0 Å². The van der Waals surface area contributed by atoms with Crippen molar-refractivity contribution >= 4 is 11.6 Å². The van der Waals surface area contributed by atoms with Crippen LogP contribution in [-0.4, -0.2) is 42.4 Å². The number of ketones is 1. The summed E-state index contributed by atoms with van der Waals surface area (Å²) < 4.78 is 0.698. The number of amidine groups is 1. The molecule has 1 aliphatic heterocycles. The predicted octanol–water partition coefficient (Wildman–Crippen LogP) is 12.6. The molecule has 2 atom stereocenters. The zero-order chi connectivity index (χ0) is 32.7. The van der Waals surface area contributed by atoms with Gasteiger partial charge < -0.3 is 0 Å². The molecule has 0 fully saturated rings. The van der Waals surface area contributed by atoms with Crippen molar-refractivity contribution in [1.82, 2.24) is 0 Å². The Morgan fingerprint density at radius 3 is 1.29 bits per heavy atom. The summed E-state index contributed by atoms with van der Waals surface area (Å²) >= 11 is 0. The SMILES string of the molecule is CCCCCCCCCCCCCCCCCC(=O)CC(N)[N+]1(C)CCN=C1CCCCCCCCCCCCCCCCC. The van der Waals surface area contributed by atoms with Crippen LogP contribution in [0.2, 0.25) is 0 Å². The van der Waals surface area contributed by atoms with E-state index in [2.05, 4.69) is 20.9 Å². The number of hydrogen-bond donors (Lipinski definition) is 1. The van der Waals surface area contributed by atoms with Crippen LogP contribution < -0.4 is 5.73 Å². The lowest BCUT2D eigenvalue weighted by molar-refractivity contribution is -0.841. The van der Waals surface area contributed by atoms with Crippen molar-refractivity contribution in [2.45, 2.75) is 232 Å². The number of hydrogen-bond acceptors (Lipinski definition) is 3. The Balaban J connectivity index is 1.99. The third-order valence-corrected chi connectivity index (χ3v) is 10.7. The number of rotatable bonds is 35. The van der Waals surface area contributed by atoms with E-state index in [0.717, 1.165) is 25.9 Å². The molecule has 266 valence electrons. The van der Waals surface area contributed by atoms with Gasteiger partial charge in [0.15, 0.2) is 12.0 Å². The second-order valence-corrected chi connectivity index (χ2v) is 15.0. The molecule has 1 aliphatic rings. The Morgan fingerprint density at radius 2 is 0.911 bits per heavy atom. The molecule has 45 heavy (non-hydrogen) atoms. The van der Waals surface area contributed by atoms with E-state index in [9.17, 15) is 4.79 Å². The molecule has 0 aromatic carbocycles. The topological polar surface area (TPSA) is 55.5 Å². The Hall–Kier alpha value is -0.740. The van der Waals surface area contributed by atoms with E-state index >= 15 is 0 Å². The summed E-state index contributed by atoms with van der Waals surface area (Å²) in [5.74, 6) is 1.60. The molecule has 0 spiro atoms. The predicted molar refractivity (Wildman–Crippen MR) is 200 cm³/mol. The number of Topliss-reactive ketones (excluding diaryl/α,β-unsaturated/α-hetero) is 1. The van der Waals surface area contributed by atoms with Crippen LogP contribution in [-0.2, 0) is 4.79 Å². The van der Waals surface area contributed by atoms with E-state index in [0.29, 0.717) is 23.1 Å². The number of nitrogens with two attached hydrogens (primary N) is 1. The summed E-state index contributed by atoms with van der Waals surface area (Å²) in [6, 6.07) is 0. The summed E-state index contributed by atoms with van der Waals surface area (Å²) in [6.45, 7) is 6.41. The minimum absolute atomic E-state index is 0.133. The van der Waals surface area contributed by atoms with Crippen LogP contribution in [0.5, 0.6) is 0 Å². The Morgan fingerprint density at radius 1 is 0.578 bits per heavy atom. The third kappa shape index (κ3) is 23.3. The summed E-state index contributed by atoms with van der Waals surface area (Å²) in [7, 11) is 2.22. The van der Waals surface area contributed by atoms with Crippen molar-refractivity contribution in [3.8, 4) is 0 Å². The molecule has 0 saturated carbocycles. The highest BCUT2D eigenvalue weighted by atomic mass is 16.1. The van der Waals surface area contributed by atoms with Gasteiger partial charge in [-0.2, -0.15) is 0 Å². The molecule has 0 aliphatic carbocycles. The number of carbonyl (C=O) groups is 1. The second-order valence-electron chi connectivity index (χ2n) is 15.0. The van der Waals surface area contributed by atoms with Gasteiger partial charge >= 0.3 is 0 Å². The second kappa shape index (κ2) is 30.6. The lowest BCUT2D eigenvalue weighted by Crippen LogP contribution is -2.59. The normalized spacial score (nSPS) is 17.2. The molecular weight excluding hydrogens is 550 g/mol. The average Bonchev–Trinajstić information content (AvgIpc) is 3.42. The summed E-state index contributed by atoms with van der Waals surface area (Å²) in [6.07, 6.45) is 43.4. The van der Waals surface area contributed by atoms with Gasteiger partial charge in [0, 0.05) is 12.8 Å². The first-order chi connectivity index (χ1) is 22.0. The maximum Gasteiger partial charge on any atom is 0.199 e. The van der Waals surface area contributed by atoms with E-state index < -0.39 is 0 Å². The number of nitrogens with zero attached hydrogens (tertiary/aromatic N) is 2. The fraction of sp³-hybridized carbons (Fsp3) is 0.951. The molecule has 1 heterocycles. The van der Waals surface area contributed by atoms with Gasteiger partial charge in [0.2, 0.25) is 0 Å². The van der Waals surface area contributed by atoms with Crippen LogP contribution >= 0.6 is 0 Å². The van der Waals surface area contributed by atoms with Crippen LogP contribution in [0.4, 0.5) is 0 Å². The molecule has 4 heteroatoms. The lowest BCUT2D eigenvalue weighted by atomic mass is 10.0. The van der Waals surface area contributed by atoms with Gasteiger partial charge in [0.1, 0.15) is 12.3 Å². The van der Waals surface area contributed by atoms with Crippen LogP contribution in [0.1, 0.15) is 226 Å². The fourth-order valence-corrected chi connectivity index (χ4v) is 7.25. The fourth-order valence-electron chi connectivity index (χ4n) is 7.25. The Labute approximate surface area is 283 Å². The molecule has 2 unspecified atom stereocenters. The Bertz CT molecular complexity index is 692. The van der Waals surface area contributed by atoms with Crippen LogP contribution in [0.3, 0.4) is 0 Å². The Kier molecular flexibility index (Phi) is 28.7. The first-order valence-corrected chi connectivity index (χ1v) is 20.7. The summed E-state index contributed by atoms with van der Waals surface area (Å²) in [5, 5.41) is 0. The van der Waals surface area contributed by atoms with E-state index in [1.165, 1.54) is 192 Å². The maximum atomic E-state index is 12.8. The van der Waals surface area contributed by atoms with Crippen molar-refractivity contribution in [2.75, 3.05) is 20.1 Å². The number of likely N-dealkylation sites (N-methyl/N-ethyl adjacent to an activating group) is 1. The minimum Gasteiger partial charge on any atom is -0.299 e. The molecule has 0 aromatic heterocycles. The first kappa shape index (κ1) is 42.3. The van der Waals surface area contributed by atoms with Crippen molar-refractivity contribution < 1.29 is 9.28 Å². The van der Waals surface area contributed by atoms with Crippen LogP contribution in [0.15, 0.2) is 4.99 Å². The molecule has 2 N–H and O–H groups in total. The third-order valence-electron chi connectivity index (χ3n) is 10.7. The minimum atomic E-state index is -0.133. The smallest absolute Gasteiger partial charge is 0.199 e. The first-order valence-electron chi connectivity index (χ1n) is 20.7. The van der Waals surface area contributed by atoms with Crippen molar-refractivity contribution in [1.29, 1.82) is 0 Å². The van der Waals surface area contributed by atoms with Gasteiger partial charge in [-0.25, -0.2) is 4.99 Å². The molecule has 4 nitrogen and oxygen atoms in total. The van der Waals surface area contributed by atoms with Gasteiger partial charge in [-0.1, -0.05) is 194 Å². The van der Waals surface area contributed by atoms with E-state index in [4.69, 9.17) is 10.7 Å².